The van der Waals surface area contributed by atoms with Crippen LogP contribution < -0.4 is 5.69 Å². The van der Waals surface area contributed by atoms with Crippen LogP contribution in [0, 0.1) is 0 Å². The predicted molar refractivity (Wildman–Crippen MR) is 46.3 cm³/mol. The smallest absolute Gasteiger partial charge is 0.328 e. The van der Waals surface area contributed by atoms with Crippen molar-refractivity contribution in [3.63, 3.8) is 0 Å². The molecule has 1 rings (SSSR count). The lowest BCUT2D eigenvalue weighted by Gasteiger charge is -2.22. The maximum Gasteiger partial charge on any atom is 0.328 e. The van der Waals surface area contributed by atoms with E-state index in [1.807, 2.05) is 20.8 Å². The summed E-state index contributed by atoms with van der Waals surface area (Å²) in [5.41, 5.74) is -0.506. The summed E-state index contributed by atoms with van der Waals surface area (Å²) in [6.45, 7) is 5.89. The largest absolute Gasteiger partial charge is 0.493 e. The summed E-state index contributed by atoms with van der Waals surface area (Å²) in [5.74, 6) is -0.0819. The number of hydrogen-bond acceptors (Lipinski definition) is 2. The molecule has 1 aromatic heterocycles. The quantitative estimate of drug-likeness (QED) is 0.696. The second kappa shape index (κ2) is 2.69. The SMILES string of the molecule is CCC(C)(C)n1cc(O)[nH]c1=O. The van der Waals surface area contributed by atoms with Crippen molar-refractivity contribution in [2.24, 2.45) is 0 Å². The number of H-pyrrole nitrogens is 1. The number of imidazole rings is 1. The molecule has 0 spiro atoms. The molecule has 0 atom stereocenters. The zero-order chi connectivity index (χ0) is 9.35. The van der Waals surface area contributed by atoms with Gasteiger partial charge in [-0.2, -0.15) is 0 Å². The molecule has 0 radical (unpaired) electrons. The van der Waals surface area contributed by atoms with E-state index in [0.717, 1.165) is 6.42 Å². The number of rotatable bonds is 2. The van der Waals surface area contributed by atoms with Gasteiger partial charge < -0.3 is 5.11 Å². The molecule has 2 N–H and O–H groups in total. The zero-order valence-corrected chi connectivity index (χ0v) is 7.59. The Bertz CT molecular complexity index is 322. The van der Waals surface area contributed by atoms with Crippen LogP contribution in [0.15, 0.2) is 11.0 Å². The van der Waals surface area contributed by atoms with Crippen molar-refractivity contribution >= 4 is 0 Å². The number of nitrogens with one attached hydrogen (secondary N) is 1. The fourth-order valence-electron chi connectivity index (χ4n) is 1.00. The maximum atomic E-state index is 11.2. The first-order valence-electron chi connectivity index (χ1n) is 3.98. The van der Waals surface area contributed by atoms with Crippen LogP contribution in [0.2, 0.25) is 0 Å². The lowest BCUT2D eigenvalue weighted by atomic mass is 10.0. The highest BCUT2D eigenvalue weighted by atomic mass is 16.3. The molecule has 0 fully saturated rings. The molecular weight excluding hydrogens is 156 g/mol. The van der Waals surface area contributed by atoms with E-state index in [1.165, 1.54) is 10.8 Å². The number of aromatic amines is 1. The summed E-state index contributed by atoms with van der Waals surface area (Å²) in [5, 5.41) is 9.02. The number of hydrogen-bond donors (Lipinski definition) is 2. The van der Waals surface area contributed by atoms with Crippen LogP contribution in [-0.2, 0) is 5.54 Å². The van der Waals surface area contributed by atoms with Gasteiger partial charge in [0.05, 0.1) is 6.20 Å². The molecule has 68 valence electrons. The minimum atomic E-state index is -0.264. The number of aromatic nitrogens is 2. The standard InChI is InChI=1S/C8H14N2O2/c1-4-8(2,3)10-5-6(11)9-7(10)12/h5,11H,4H2,1-3H3,(H,9,12). The first kappa shape index (κ1) is 8.90. The van der Waals surface area contributed by atoms with Gasteiger partial charge in [-0.3, -0.25) is 9.55 Å². The van der Waals surface area contributed by atoms with E-state index >= 15 is 0 Å². The highest BCUT2D eigenvalue weighted by Crippen LogP contribution is 2.18. The van der Waals surface area contributed by atoms with E-state index in [-0.39, 0.29) is 17.1 Å². The first-order valence-corrected chi connectivity index (χ1v) is 3.98. The second-order valence-electron chi connectivity index (χ2n) is 3.48. The Morgan fingerprint density at radius 3 is 2.58 bits per heavy atom. The topological polar surface area (TPSA) is 58.0 Å². The molecule has 1 heterocycles. The summed E-state index contributed by atoms with van der Waals surface area (Å²) < 4.78 is 1.50. The van der Waals surface area contributed by atoms with Crippen LogP contribution in [0.1, 0.15) is 27.2 Å². The molecule has 4 heteroatoms. The molecular formula is C8H14N2O2. The molecule has 0 aliphatic rings. The van der Waals surface area contributed by atoms with Crippen molar-refractivity contribution in [1.82, 2.24) is 9.55 Å². The average Bonchev–Trinajstić information content (AvgIpc) is 2.31. The van der Waals surface area contributed by atoms with Gasteiger partial charge in [0.1, 0.15) is 0 Å². The van der Waals surface area contributed by atoms with Gasteiger partial charge in [-0.15, -0.1) is 0 Å². The number of aromatic hydroxyl groups is 1. The van der Waals surface area contributed by atoms with Crippen molar-refractivity contribution in [3.05, 3.63) is 16.7 Å². The molecule has 0 amide bonds. The first-order chi connectivity index (χ1) is 5.47. The van der Waals surface area contributed by atoms with Crippen molar-refractivity contribution in [3.8, 4) is 5.88 Å². The lowest BCUT2D eigenvalue weighted by Crippen LogP contribution is -2.33. The molecule has 0 aromatic carbocycles. The molecule has 0 saturated carbocycles. The molecule has 0 saturated heterocycles. The summed E-state index contributed by atoms with van der Waals surface area (Å²) in [6.07, 6.45) is 2.26. The molecule has 0 aliphatic carbocycles. The second-order valence-corrected chi connectivity index (χ2v) is 3.48. The van der Waals surface area contributed by atoms with Crippen LogP contribution in [0.4, 0.5) is 0 Å². The third-order valence-corrected chi connectivity index (χ3v) is 2.22. The Morgan fingerprint density at radius 2 is 2.25 bits per heavy atom. The highest BCUT2D eigenvalue weighted by molar-refractivity contribution is 5.03. The molecule has 0 unspecified atom stereocenters. The molecule has 4 nitrogen and oxygen atoms in total. The van der Waals surface area contributed by atoms with E-state index in [9.17, 15) is 4.79 Å². The van der Waals surface area contributed by atoms with E-state index in [1.54, 1.807) is 0 Å². The Hall–Kier alpha value is -1.19. The third-order valence-electron chi connectivity index (χ3n) is 2.22. The summed E-state index contributed by atoms with van der Waals surface area (Å²) in [6, 6.07) is 0. The average molecular weight is 170 g/mol. The Kier molecular flexibility index (Phi) is 2.00. The minimum absolute atomic E-state index is 0.0819. The van der Waals surface area contributed by atoms with Gasteiger partial charge in [-0.1, -0.05) is 6.92 Å². The van der Waals surface area contributed by atoms with Crippen molar-refractivity contribution in [2.45, 2.75) is 32.7 Å². The third kappa shape index (κ3) is 1.37. The zero-order valence-electron chi connectivity index (χ0n) is 7.59. The monoisotopic (exact) mass is 170 g/mol. The fraction of sp³-hybridized carbons (Fsp3) is 0.625. The van der Waals surface area contributed by atoms with Gasteiger partial charge >= 0.3 is 5.69 Å². The van der Waals surface area contributed by atoms with Crippen molar-refractivity contribution < 1.29 is 5.11 Å². The van der Waals surface area contributed by atoms with Gasteiger partial charge in [0, 0.05) is 5.54 Å². The highest BCUT2D eigenvalue weighted by Gasteiger charge is 2.20. The maximum absolute atomic E-state index is 11.2. The van der Waals surface area contributed by atoms with Crippen LogP contribution in [0.5, 0.6) is 5.88 Å². The van der Waals surface area contributed by atoms with Gasteiger partial charge in [0.2, 0.25) is 5.88 Å². The Morgan fingerprint density at radius 1 is 1.67 bits per heavy atom. The van der Waals surface area contributed by atoms with Gasteiger partial charge in [0.25, 0.3) is 0 Å². The molecule has 0 aliphatic heterocycles. The lowest BCUT2D eigenvalue weighted by molar-refractivity contribution is 0.331. The van der Waals surface area contributed by atoms with Crippen molar-refractivity contribution in [2.75, 3.05) is 0 Å². The summed E-state index contributed by atoms with van der Waals surface area (Å²) in [7, 11) is 0. The minimum Gasteiger partial charge on any atom is -0.493 e. The van der Waals surface area contributed by atoms with Crippen LogP contribution in [0.3, 0.4) is 0 Å². The summed E-state index contributed by atoms with van der Waals surface area (Å²) >= 11 is 0. The van der Waals surface area contributed by atoms with Crippen molar-refractivity contribution in [1.29, 1.82) is 0 Å². The van der Waals surface area contributed by atoms with Crippen LogP contribution in [-0.4, -0.2) is 14.7 Å². The van der Waals surface area contributed by atoms with E-state index in [2.05, 4.69) is 4.98 Å². The van der Waals surface area contributed by atoms with E-state index < -0.39 is 0 Å². The van der Waals surface area contributed by atoms with Crippen LogP contribution >= 0.6 is 0 Å². The van der Waals surface area contributed by atoms with Gasteiger partial charge in [0.15, 0.2) is 0 Å². The normalized spacial score (nSPS) is 11.9. The van der Waals surface area contributed by atoms with E-state index in [0.29, 0.717) is 0 Å². The predicted octanol–water partition coefficient (Wildman–Crippen LogP) is 1.03. The Labute approximate surface area is 70.9 Å². The summed E-state index contributed by atoms with van der Waals surface area (Å²) in [4.78, 5) is 13.5. The fourth-order valence-corrected chi connectivity index (χ4v) is 1.00. The molecule has 1 aromatic rings. The Balaban J connectivity index is 3.19. The van der Waals surface area contributed by atoms with Gasteiger partial charge in [-0.05, 0) is 20.3 Å². The molecule has 12 heavy (non-hydrogen) atoms. The number of nitrogens with zero attached hydrogens (tertiary/aromatic N) is 1. The van der Waals surface area contributed by atoms with E-state index in [4.69, 9.17) is 5.11 Å². The van der Waals surface area contributed by atoms with Crippen LogP contribution in [0.25, 0.3) is 0 Å². The molecule has 0 bridgehead atoms. The van der Waals surface area contributed by atoms with Gasteiger partial charge in [-0.25, -0.2) is 4.79 Å².